The van der Waals surface area contributed by atoms with E-state index in [0.717, 1.165) is 30.0 Å². The first-order valence-corrected chi connectivity index (χ1v) is 7.82. The van der Waals surface area contributed by atoms with Crippen molar-refractivity contribution in [2.75, 3.05) is 6.54 Å². The van der Waals surface area contributed by atoms with Gasteiger partial charge < -0.3 is 11.1 Å². The van der Waals surface area contributed by atoms with Crippen LogP contribution in [0.2, 0.25) is 0 Å². The SMILES string of the molecule is NCc1ccc(CC(=O)NCCC2CCCCC2)cc1. The molecule has 3 N–H and O–H groups in total. The van der Waals surface area contributed by atoms with Crippen LogP contribution in [-0.2, 0) is 17.8 Å². The molecule has 0 heterocycles. The Morgan fingerprint density at radius 1 is 1.10 bits per heavy atom. The van der Waals surface area contributed by atoms with E-state index in [9.17, 15) is 4.79 Å². The second-order valence-corrected chi connectivity index (χ2v) is 5.84. The highest BCUT2D eigenvalue weighted by atomic mass is 16.1. The highest BCUT2D eigenvalue weighted by Crippen LogP contribution is 2.25. The molecule has 0 aliphatic heterocycles. The maximum absolute atomic E-state index is 11.9. The van der Waals surface area contributed by atoms with Crippen LogP contribution in [0.3, 0.4) is 0 Å². The van der Waals surface area contributed by atoms with E-state index < -0.39 is 0 Å². The summed E-state index contributed by atoms with van der Waals surface area (Å²) in [5.41, 5.74) is 7.71. The van der Waals surface area contributed by atoms with Gasteiger partial charge in [0.15, 0.2) is 0 Å². The normalized spacial score (nSPS) is 16.1. The molecule has 3 nitrogen and oxygen atoms in total. The summed E-state index contributed by atoms with van der Waals surface area (Å²) in [6.07, 6.45) is 8.42. The Balaban J connectivity index is 1.66. The quantitative estimate of drug-likeness (QED) is 0.838. The fourth-order valence-electron chi connectivity index (χ4n) is 2.93. The zero-order chi connectivity index (χ0) is 14.2. The number of carbonyl (C=O) groups excluding carboxylic acids is 1. The number of nitrogens with two attached hydrogens (primary N) is 1. The Hall–Kier alpha value is -1.35. The lowest BCUT2D eigenvalue weighted by molar-refractivity contribution is -0.120. The molecule has 0 aromatic heterocycles. The van der Waals surface area contributed by atoms with E-state index in [-0.39, 0.29) is 5.91 Å². The largest absolute Gasteiger partial charge is 0.356 e. The van der Waals surface area contributed by atoms with Crippen molar-refractivity contribution in [2.24, 2.45) is 11.7 Å². The van der Waals surface area contributed by atoms with Crippen molar-refractivity contribution >= 4 is 5.91 Å². The predicted octanol–water partition coefficient (Wildman–Crippen LogP) is 2.77. The highest BCUT2D eigenvalue weighted by Gasteiger charge is 2.13. The molecule has 1 aromatic carbocycles. The van der Waals surface area contributed by atoms with E-state index in [0.29, 0.717) is 13.0 Å². The molecular formula is C17H26N2O. The molecule has 0 saturated heterocycles. The fourth-order valence-corrected chi connectivity index (χ4v) is 2.93. The second kappa shape index (κ2) is 8.05. The fraction of sp³-hybridized carbons (Fsp3) is 0.588. The van der Waals surface area contributed by atoms with Gasteiger partial charge in [-0.15, -0.1) is 0 Å². The maximum atomic E-state index is 11.9. The van der Waals surface area contributed by atoms with Gasteiger partial charge in [-0.05, 0) is 23.5 Å². The van der Waals surface area contributed by atoms with Crippen LogP contribution in [0.1, 0.15) is 49.7 Å². The maximum Gasteiger partial charge on any atom is 0.224 e. The Kier molecular flexibility index (Phi) is 6.06. The summed E-state index contributed by atoms with van der Waals surface area (Å²) in [5, 5.41) is 3.04. The van der Waals surface area contributed by atoms with Gasteiger partial charge in [-0.3, -0.25) is 4.79 Å². The lowest BCUT2D eigenvalue weighted by Crippen LogP contribution is -2.27. The molecule has 2 rings (SSSR count). The van der Waals surface area contributed by atoms with Crippen molar-refractivity contribution in [3.05, 3.63) is 35.4 Å². The van der Waals surface area contributed by atoms with E-state index in [1.807, 2.05) is 24.3 Å². The molecule has 1 aliphatic rings. The zero-order valence-electron chi connectivity index (χ0n) is 12.2. The summed E-state index contributed by atoms with van der Waals surface area (Å²) in [6.45, 7) is 1.37. The van der Waals surface area contributed by atoms with Crippen LogP contribution in [-0.4, -0.2) is 12.5 Å². The number of benzene rings is 1. The Morgan fingerprint density at radius 3 is 2.40 bits per heavy atom. The minimum atomic E-state index is 0.126. The predicted molar refractivity (Wildman–Crippen MR) is 82.2 cm³/mol. The van der Waals surface area contributed by atoms with Gasteiger partial charge >= 0.3 is 0 Å². The van der Waals surface area contributed by atoms with Gasteiger partial charge in [0.2, 0.25) is 5.91 Å². The molecule has 1 fully saturated rings. The number of hydrogen-bond donors (Lipinski definition) is 2. The highest BCUT2D eigenvalue weighted by molar-refractivity contribution is 5.78. The molecule has 1 saturated carbocycles. The topological polar surface area (TPSA) is 55.1 Å². The van der Waals surface area contributed by atoms with Crippen LogP contribution in [0.4, 0.5) is 0 Å². The van der Waals surface area contributed by atoms with E-state index >= 15 is 0 Å². The van der Waals surface area contributed by atoms with E-state index in [2.05, 4.69) is 5.32 Å². The first-order valence-electron chi connectivity index (χ1n) is 7.82. The lowest BCUT2D eigenvalue weighted by atomic mass is 9.87. The van der Waals surface area contributed by atoms with Crippen LogP contribution in [0.25, 0.3) is 0 Å². The van der Waals surface area contributed by atoms with Gasteiger partial charge in [-0.25, -0.2) is 0 Å². The van der Waals surface area contributed by atoms with Crippen molar-refractivity contribution in [1.82, 2.24) is 5.32 Å². The van der Waals surface area contributed by atoms with Gasteiger partial charge in [0.05, 0.1) is 6.42 Å². The molecule has 0 radical (unpaired) electrons. The Morgan fingerprint density at radius 2 is 1.75 bits per heavy atom. The average Bonchev–Trinajstić information content (AvgIpc) is 2.49. The molecule has 3 heteroatoms. The Bertz CT molecular complexity index is 408. The molecule has 110 valence electrons. The van der Waals surface area contributed by atoms with Crippen molar-refractivity contribution < 1.29 is 4.79 Å². The van der Waals surface area contributed by atoms with Crippen molar-refractivity contribution in [2.45, 2.75) is 51.5 Å². The third-order valence-electron chi connectivity index (χ3n) is 4.22. The molecule has 1 amide bonds. The molecule has 20 heavy (non-hydrogen) atoms. The Labute approximate surface area is 121 Å². The zero-order valence-corrected chi connectivity index (χ0v) is 12.2. The first-order chi connectivity index (χ1) is 9.78. The van der Waals surface area contributed by atoms with Crippen LogP contribution < -0.4 is 11.1 Å². The minimum Gasteiger partial charge on any atom is -0.356 e. The molecule has 1 aliphatic carbocycles. The number of nitrogens with one attached hydrogen (secondary N) is 1. The van der Waals surface area contributed by atoms with Crippen molar-refractivity contribution in [1.29, 1.82) is 0 Å². The number of rotatable bonds is 6. The van der Waals surface area contributed by atoms with Crippen LogP contribution in [0, 0.1) is 5.92 Å². The van der Waals surface area contributed by atoms with E-state index in [4.69, 9.17) is 5.73 Å². The number of amides is 1. The number of carbonyl (C=O) groups is 1. The third-order valence-corrected chi connectivity index (χ3v) is 4.22. The molecule has 0 unspecified atom stereocenters. The standard InChI is InChI=1S/C17H26N2O/c18-13-16-8-6-15(7-9-16)12-17(20)19-11-10-14-4-2-1-3-5-14/h6-9,14H,1-5,10-13,18H2,(H,19,20). The van der Waals surface area contributed by atoms with Gasteiger partial charge in [0.25, 0.3) is 0 Å². The average molecular weight is 274 g/mol. The smallest absolute Gasteiger partial charge is 0.224 e. The first kappa shape index (κ1) is 15.0. The van der Waals surface area contributed by atoms with Crippen molar-refractivity contribution in [3.8, 4) is 0 Å². The summed E-state index contributed by atoms with van der Waals surface area (Å²) in [6, 6.07) is 7.96. The summed E-state index contributed by atoms with van der Waals surface area (Å²) in [7, 11) is 0. The van der Waals surface area contributed by atoms with Crippen LogP contribution >= 0.6 is 0 Å². The van der Waals surface area contributed by atoms with Gasteiger partial charge in [-0.2, -0.15) is 0 Å². The van der Waals surface area contributed by atoms with E-state index in [1.165, 1.54) is 32.1 Å². The molecule has 0 atom stereocenters. The van der Waals surface area contributed by atoms with Crippen molar-refractivity contribution in [3.63, 3.8) is 0 Å². The summed E-state index contributed by atoms with van der Waals surface area (Å²) in [4.78, 5) is 11.9. The van der Waals surface area contributed by atoms with E-state index in [1.54, 1.807) is 0 Å². The number of hydrogen-bond acceptors (Lipinski definition) is 2. The summed E-state index contributed by atoms with van der Waals surface area (Å²) >= 11 is 0. The molecule has 1 aromatic rings. The van der Waals surface area contributed by atoms with Crippen LogP contribution in [0.15, 0.2) is 24.3 Å². The van der Waals surface area contributed by atoms with Gasteiger partial charge in [0, 0.05) is 13.1 Å². The van der Waals surface area contributed by atoms with Crippen LogP contribution in [0.5, 0.6) is 0 Å². The monoisotopic (exact) mass is 274 g/mol. The lowest BCUT2D eigenvalue weighted by Gasteiger charge is -2.21. The summed E-state index contributed by atoms with van der Waals surface area (Å²) in [5.74, 6) is 0.953. The molecule has 0 spiro atoms. The minimum absolute atomic E-state index is 0.126. The second-order valence-electron chi connectivity index (χ2n) is 5.84. The molecular weight excluding hydrogens is 248 g/mol. The van der Waals surface area contributed by atoms with Gasteiger partial charge in [-0.1, -0.05) is 56.4 Å². The third kappa shape index (κ3) is 4.97. The molecule has 0 bridgehead atoms. The summed E-state index contributed by atoms with van der Waals surface area (Å²) < 4.78 is 0. The van der Waals surface area contributed by atoms with Gasteiger partial charge in [0.1, 0.15) is 0 Å².